The largest absolute Gasteiger partial charge is 0.481 e. The molecule has 0 radical (unpaired) electrons. The van der Waals surface area contributed by atoms with E-state index < -0.39 is 11.9 Å². The van der Waals surface area contributed by atoms with E-state index in [0.717, 1.165) is 12.8 Å². The molecule has 2 N–H and O–H groups in total. The minimum atomic E-state index is -0.765. The van der Waals surface area contributed by atoms with Gasteiger partial charge in [-0.2, -0.15) is 0 Å². The van der Waals surface area contributed by atoms with Gasteiger partial charge in [0, 0.05) is 19.2 Å². The van der Waals surface area contributed by atoms with E-state index in [1.165, 1.54) is 7.11 Å². The van der Waals surface area contributed by atoms with Crippen molar-refractivity contribution in [1.29, 1.82) is 0 Å². The molecule has 1 rings (SSSR count). The highest BCUT2D eigenvalue weighted by atomic mass is 16.5. The first-order valence-electron chi connectivity index (χ1n) is 7.07. The Morgan fingerprint density at radius 1 is 1.43 bits per heavy atom. The fourth-order valence-electron chi connectivity index (χ4n) is 2.10. The van der Waals surface area contributed by atoms with Crippen LogP contribution in [-0.4, -0.2) is 35.7 Å². The summed E-state index contributed by atoms with van der Waals surface area (Å²) in [5.41, 5.74) is 0.401. The molecule has 116 valence electrons. The van der Waals surface area contributed by atoms with Crippen molar-refractivity contribution in [3.8, 4) is 0 Å². The second-order valence-electron chi connectivity index (χ2n) is 4.81. The lowest BCUT2D eigenvalue weighted by molar-refractivity contribution is -0.137. The number of carboxylic acid groups (broad SMARTS) is 1. The molecule has 1 heterocycles. The summed E-state index contributed by atoms with van der Waals surface area (Å²) in [7, 11) is 1.33. The third-order valence-corrected chi connectivity index (χ3v) is 3.40. The van der Waals surface area contributed by atoms with Crippen LogP contribution >= 0.6 is 0 Å². The molecule has 0 aliphatic rings. The van der Waals surface area contributed by atoms with Gasteiger partial charge < -0.3 is 15.2 Å². The van der Waals surface area contributed by atoms with E-state index in [9.17, 15) is 9.59 Å². The zero-order chi connectivity index (χ0) is 15.7. The van der Waals surface area contributed by atoms with E-state index in [2.05, 4.69) is 10.3 Å². The SMILES string of the molecule is CCC(CCNc1ncccc1C(=O)OC)CCC(=O)O. The zero-order valence-electron chi connectivity index (χ0n) is 12.5. The van der Waals surface area contributed by atoms with Crippen molar-refractivity contribution in [3.63, 3.8) is 0 Å². The van der Waals surface area contributed by atoms with Crippen molar-refractivity contribution in [2.45, 2.75) is 32.6 Å². The average molecular weight is 294 g/mol. The Bertz CT molecular complexity index is 476. The van der Waals surface area contributed by atoms with Gasteiger partial charge in [0.25, 0.3) is 0 Å². The van der Waals surface area contributed by atoms with E-state index >= 15 is 0 Å². The minimum Gasteiger partial charge on any atom is -0.481 e. The molecule has 1 atom stereocenters. The van der Waals surface area contributed by atoms with Crippen LogP contribution in [-0.2, 0) is 9.53 Å². The maximum absolute atomic E-state index is 11.6. The number of pyridine rings is 1. The van der Waals surface area contributed by atoms with Crippen molar-refractivity contribution in [2.24, 2.45) is 5.92 Å². The van der Waals surface area contributed by atoms with Crippen molar-refractivity contribution in [2.75, 3.05) is 19.0 Å². The molecule has 0 spiro atoms. The molecule has 0 aliphatic heterocycles. The van der Waals surface area contributed by atoms with E-state index in [1.807, 2.05) is 6.92 Å². The van der Waals surface area contributed by atoms with Gasteiger partial charge in [-0.25, -0.2) is 9.78 Å². The van der Waals surface area contributed by atoms with Gasteiger partial charge in [0.1, 0.15) is 11.4 Å². The normalized spacial score (nSPS) is 11.7. The van der Waals surface area contributed by atoms with Gasteiger partial charge in [-0.15, -0.1) is 0 Å². The number of carbonyl (C=O) groups is 2. The first kappa shape index (κ1) is 16.9. The maximum Gasteiger partial charge on any atom is 0.341 e. The lowest BCUT2D eigenvalue weighted by atomic mass is 9.96. The summed E-state index contributed by atoms with van der Waals surface area (Å²) in [6, 6.07) is 3.34. The van der Waals surface area contributed by atoms with E-state index in [1.54, 1.807) is 18.3 Å². The van der Waals surface area contributed by atoms with Gasteiger partial charge in [-0.05, 0) is 30.9 Å². The fourth-order valence-corrected chi connectivity index (χ4v) is 2.10. The molecular formula is C15H22N2O4. The zero-order valence-corrected chi connectivity index (χ0v) is 12.5. The first-order valence-corrected chi connectivity index (χ1v) is 7.07. The molecular weight excluding hydrogens is 272 g/mol. The topological polar surface area (TPSA) is 88.5 Å². The molecule has 1 unspecified atom stereocenters. The number of hydrogen-bond acceptors (Lipinski definition) is 5. The number of hydrogen-bond donors (Lipinski definition) is 2. The summed E-state index contributed by atoms with van der Waals surface area (Å²) in [6.07, 6.45) is 4.23. The number of anilines is 1. The van der Waals surface area contributed by atoms with E-state index in [4.69, 9.17) is 9.84 Å². The van der Waals surface area contributed by atoms with Gasteiger partial charge in [0.05, 0.1) is 7.11 Å². The number of ether oxygens (including phenoxy) is 1. The van der Waals surface area contributed by atoms with Crippen LogP contribution in [0.1, 0.15) is 43.0 Å². The Morgan fingerprint density at radius 3 is 2.81 bits per heavy atom. The van der Waals surface area contributed by atoms with Crippen molar-refractivity contribution >= 4 is 17.8 Å². The number of esters is 1. The predicted molar refractivity (Wildman–Crippen MR) is 79.3 cm³/mol. The van der Waals surface area contributed by atoms with Crippen molar-refractivity contribution < 1.29 is 19.4 Å². The lowest BCUT2D eigenvalue weighted by Crippen LogP contribution is -2.14. The number of carbonyl (C=O) groups excluding carboxylic acids is 1. The van der Waals surface area contributed by atoms with Crippen LogP contribution in [0.15, 0.2) is 18.3 Å². The summed E-state index contributed by atoms with van der Waals surface area (Å²) >= 11 is 0. The average Bonchev–Trinajstić information content (AvgIpc) is 2.50. The van der Waals surface area contributed by atoms with Crippen LogP contribution < -0.4 is 5.32 Å². The molecule has 0 aliphatic carbocycles. The number of methoxy groups -OCH3 is 1. The summed E-state index contributed by atoms with van der Waals surface area (Å²) in [6.45, 7) is 2.69. The molecule has 0 amide bonds. The lowest BCUT2D eigenvalue weighted by Gasteiger charge is -2.15. The number of aliphatic carboxylic acids is 1. The molecule has 1 aromatic heterocycles. The standard InChI is InChI=1S/C15H22N2O4/c1-3-11(6-7-13(18)19)8-10-17-14-12(15(20)21-2)5-4-9-16-14/h4-5,9,11H,3,6-8,10H2,1-2H3,(H,16,17)(H,18,19). The van der Waals surface area contributed by atoms with Gasteiger partial charge in [-0.1, -0.05) is 13.3 Å². The molecule has 0 aromatic carbocycles. The minimum absolute atomic E-state index is 0.190. The number of aromatic nitrogens is 1. The molecule has 0 bridgehead atoms. The molecule has 0 fully saturated rings. The highest BCUT2D eigenvalue weighted by Crippen LogP contribution is 2.17. The quantitative estimate of drug-likeness (QED) is 0.680. The van der Waals surface area contributed by atoms with Crippen LogP contribution in [0.5, 0.6) is 0 Å². The third kappa shape index (κ3) is 5.81. The summed E-state index contributed by atoms with van der Waals surface area (Å²) in [4.78, 5) is 26.3. The summed E-state index contributed by atoms with van der Waals surface area (Å²) in [5.74, 6) is -0.348. The highest BCUT2D eigenvalue weighted by Gasteiger charge is 2.13. The monoisotopic (exact) mass is 294 g/mol. The smallest absolute Gasteiger partial charge is 0.341 e. The second kappa shape index (κ2) is 8.94. The summed E-state index contributed by atoms with van der Waals surface area (Å²) in [5, 5.41) is 11.8. The molecule has 6 nitrogen and oxygen atoms in total. The Morgan fingerprint density at radius 2 is 2.19 bits per heavy atom. The fraction of sp³-hybridized carbons (Fsp3) is 0.533. The van der Waals surface area contributed by atoms with Gasteiger partial charge in [0.15, 0.2) is 0 Å². The number of rotatable bonds is 9. The highest BCUT2D eigenvalue weighted by molar-refractivity contribution is 5.94. The molecule has 0 saturated heterocycles. The third-order valence-electron chi connectivity index (χ3n) is 3.40. The Labute approximate surface area is 124 Å². The maximum atomic E-state index is 11.6. The van der Waals surface area contributed by atoms with E-state index in [0.29, 0.717) is 30.3 Å². The van der Waals surface area contributed by atoms with Gasteiger partial charge >= 0.3 is 11.9 Å². The van der Waals surface area contributed by atoms with Crippen molar-refractivity contribution in [3.05, 3.63) is 23.9 Å². The van der Waals surface area contributed by atoms with Crippen molar-refractivity contribution in [1.82, 2.24) is 4.98 Å². The van der Waals surface area contributed by atoms with Crippen LogP contribution in [0.25, 0.3) is 0 Å². The van der Waals surface area contributed by atoms with Crippen LogP contribution in [0.2, 0.25) is 0 Å². The number of nitrogens with zero attached hydrogens (tertiary/aromatic N) is 1. The predicted octanol–water partition coefficient (Wildman–Crippen LogP) is 2.56. The Hall–Kier alpha value is -2.11. The second-order valence-corrected chi connectivity index (χ2v) is 4.81. The van der Waals surface area contributed by atoms with Crippen LogP contribution in [0, 0.1) is 5.92 Å². The molecule has 1 aromatic rings. The first-order chi connectivity index (χ1) is 10.1. The molecule has 6 heteroatoms. The number of nitrogens with one attached hydrogen (secondary N) is 1. The Kier molecular flexibility index (Phi) is 7.21. The van der Waals surface area contributed by atoms with Gasteiger partial charge in [-0.3, -0.25) is 4.79 Å². The van der Waals surface area contributed by atoms with Crippen LogP contribution in [0.3, 0.4) is 0 Å². The van der Waals surface area contributed by atoms with Crippen LogP contribution in [0.4, 0.5) is 5.82 Å². The van der Waals surface area contributed by atoms with E-state index in [-0.39, 0.29) is 6.42 Å². The summed E-state index contributed by atoms with van der Waals surface area (Å²) < 4.78 is 4.71. The molecule has 0 saturated carbocycles. The number of carboxylic acids is 1. The van der Waals surface area contributed by atoms with Gasteiger partial charge in [0.2, 0.25) is 0 Å². The Balaban J connectivity index is 2.51. The molecule has 21 heavy (non-hydrogen) atoms.